The summed E-state index contributed by atoms with van der Waals surface area (Å²) in [5.41, 5.74) is 23.5. The summed E-state index contributed by atoms with van der Waals surface area (Å²) in [7, 11) is 0. The van der Waals surface area contributed by atoms with Gasteiger partial charge in [0.2, 0.25) is 0 Å². The van der Waals surface area contributed by atoms with Crippen LogP contribution in [0.2, 0.25) is 5.15 Å². The van der Waals surface area contributed by atoms with Crippen LogP contribution in [0.5, 0.6) is 0 Å². The predicted octanol–water partition coefficient (Wildman–Crippen LogP) is 1.21. The zero-order valence-electron chi connectivity index (χ0n) is 17.2. The van der Waals surface area contributed by atoms with Crippen LogP contribution in [-0.4, -0.2) is 56.7 Å². The average molecular weight is 482 g/mol. The fourth-order valence-corrected chi connectivity index (χ4v) is 3.15. The van der Waals surface area contributed by atoms with Gasteiger partial charge in [-0.15, -0.1) is 0 Å². The second-order valence-corrected chi connectivity index (χ2v) is 7.58. The Morgan fingerprint density at radius 3 is 2.25 bits per heavy atom. The van der Waals surface area contributed by atoms with Gasteiger partial charge in [-0.1, -0.05) is 23.7 Å². The highest BCUT2D eigenvalue weighted by Gasteiger charge is 2.24. The van der Waals surface area contributed by atoms with Crippen molar-refractivity contribution < 1.29 is 9.59 Å². The van der Waals surface area contributed by atoms with E-state index in [-0.39, 0.29) is 48.0 Å². The fourth-order valence-electron chi connectivity index (χ4n) is 2.83. The van der Waals surface area contributed by atoms with E-state index in [4.69, 9.17) is 51.7 Å². The Kier molecular flexibility index (Phi) is 9.00. The van der Waals surface area contributed by atoms with Crippen LogP contribution in [0.4, 0.5) is 11.6 Å². The number of benzene rings is 1. The molecule has 0 saturated carbocycles. The number of hydrogen-bond acceptors (Lipinski definition) is 8. The number of halogens is 2. The van der Waals surface area contributed by atoms with Gasteiger partial charge in [0.25, 0.3) is 11.8 Å². The maximum atomic E-state index is 12.7. The molecule has 0 atom stereocenters. The first-order valence-electron chi connectivity index (χ1n) is 9.66. The molecule has 1 aromatic carbocycles. The number of carbonyl (C=O) groups excluding carboxylic acids is 2. The van der Waals surface area contributed by atoms with Gasteiger partial charge < -0.3 is 22.9 Å². The van der Waals surface area contributed by atoms with Gasteiger partial charge in [-0.25, -0.2) is 14.4 Å². The van der Waals surface area contributed by atoms with Crippen molar-refractivity contribution in [2.24, 2.45) is 11.5 Å². The number of nitrogens with one attached hydrogen (secondary N) is 1. The van der Waals surface area contributed by atoms with Crippen molar-refractivity contribution in [2.75, 3.05) is 31.1 Å². The molecule has 13 heteroatoms. The van der Waals surface area contributed by atoms with Crippen molar-refractivity contribution >= 4 is 52.8 Å². The lowest BCUT2D eigenvalue weighted by molar-refractivity contribution is 0.0836. The number of nitrogens with two attached hydrogens (primary N) is 4. The van der Waals surface area contributed by atoms with Crippen molar-refractivity contribution in [1.29, 1.82) is 5.41 Å². The number of guanidine groups is 1. The molecule has 1 heterocycles. The van der Waals surface area contributed by atoms with Crippen LogP contribution in [-0.2, 0) is 6.42 Å². The molecule has 1 aromatic heterocycles. The smallest absolute Gasteiger partial charge is 0.283 e. The molecule has 0 spiro atoms. The molecule has 0 saturated heterocycles. The first-order valence-corrected chi connectivity index (χ1v) is 10.4. The van der Waals surface area contributed by atoms with Crippen molar-refractivity contribution in [3.8, 4) is 0 Å². The van der Waals surface area contributed by atoms with Gasteiger partial charge in [-0.05, 0) is 37.0 Å². The number of nitrogens with zero attached hydrogens (tertiary/aromatic N) is 4. The molecule has 0 aliphatic rings. The summed E-state index contributed by atoms with van der Waals surface area (Å²) >= 11 is 11.7. The SMILES string of the molecule is N=C(N)N(CCCCc1ccc(C(=O)N(Cl)CCN)cc1)C(=O)c1nc(Cl)c(N)nc1N. The van der Waals surface area contributed by atoms with Crippen LogP contribution in [0.15, 0.2) is 24.3 Å². The molecule has 0 radical (unpaired) electrons. The Morgan fingerprint density at radius 1 is 1.00 bits per heavy atom. The van der Waals surface area contributed by atoms with Crippen LogP contribution in [0.25, 0.3) is 0 Å². The van der Waals surface area contributed by atoms with E-state index < -0.39 is 11.9 Å². The van der Waals surface area contributed by atoms with E-state index in [1.165, 1.54) is 0 Å². The molecule has 0 bridgehead atoms. The van der Waals surface area contributed by atoms with E-state index in [0.29, 0.717) is 24.8 Å². The van der Waals surface area contributed by atoms with Gasteiger partial charge in [0.05, 0.1) is 6.54 Å². The number of amides is 2. The monoisotopic (exact) mass is 481 g/mol. The zero-order chi connectivity index (χ0) is 23.8. The van der Waals surface area contributed by atoms with Crippen molar-refractivity contribution in [1.82, 2.24) is 19.3 Å². The summed E-state index contributed by atoms with van der Waals surface area (Å²) in [6, 6.07) is 7.06. The van der Waals surface area contributed by atoms with Crippen LogP contribution >= 0.6 is 23.4 Å². The quantitative estimate of drug-likeness (QED) is 0.152. The van der Waals surface area contributed by atoms with Gasteiger partial charge in [0, 0.05) is 30.4 Å². The Labute approximate surface area is 195 Å². The summed E-state index contributed by atoms with van der Waals surface area (Å²) in [5, 5.41) is 7.55. The van der Waals surface area contributed by atoms with Gasteiger partial charge in [0.15, 0.2) is 28.4 Å². The number of aromatic nitrogens is 2. The average Bonchev–Trinajstić information content (AvgIpc) is 2.75. The number of anilines is 2. The minimum absolute atomic E-state index is 0.0963. The van der Waals surface area contributed by atoms with E-state index in [0.717, 1.165) is 14.9 Å². The number of nitrogen functional groups attached to an aromatic ring is 2. The molecule has 2 amide bonds. The summed E-state index contributed by atoms with van der Waals surface area (Å²) in [5.74, 6) is -1.74. The maximum absolute atomic E-state index is 12.7. The third-order valence-corrected chi connectivity index (χ3v) is 5.09. The predicted molar refractivity (Wildman–Crippen MR) is 124 cm³/mol. The normalized spacial score (nSPS) is 10.6. The first kappa shape index (κ1) is 25.1. The minimum Gasteiger partial charge on any atom is -0.382 e. The number of carbonyl (C=O) groups is 2. The molecule has 2 aromatic rings. The molecule has 0 unspecified atom stereocenters. The van der Waals surface area contributed by atoms with Crippen molar-refractivity contribution in [3.63, 3.8) is 0 Å². The molecule has 2 rings (SSSR count). The van der Waals surface area contributed by atoms with Gasteiger partial charge in [-0.3, -0.25) is 19.9 Å². The van der Waals surface area contributed by atoms with Gasteiger partial charge >= 0.3 is 0 Å². The zero-order valence-corrected chi connectivity index (χ0v) is 18.7. The molecule has 0 aliphatic heterocycles. The number of rotatable bonds is 9. The lowest BCUT2D eigenvalue weighted by Gasteiger charge is -2.20. The van der Waals surface area contributed by atoms with Crippen LogP contribution in [0, 0.1) is 5.41 Å². The van der Waals surface area contributed by atoms with E-state index in [1.807, 2.05) is 12.1 Å². The molecular weight excluding hydrogens is 457 g/mol. The Bertz CT molecular complexity index is 986. The van der Waals surface area contributed by atoms with Crippen molar-refractivity contribution in [2.45, 2.75) is 19.3 Å². The Hall–Kier alpha value is -3.15. The second-order valence-electron chi connectivity index (χ2n) is 6.81. The lowest BCUT2D eigenvalue weighted by atomic mass is 10.1. The molecular formula is C19H25Cl2N9O2. The first-order chi connectivity index (χ1) is 15.1. The van der Waals surface area contributed by atoms with Gasteiger partial charge in [-0.2, -0.15) is 0 Å². The molecule has 11 nitrogen and oxygen atoms in total. The van der Waals surface area contributed by atoms with E-state index in [2.05, 4.69) is 9.97 Å². The summed E-state index contributed by atoms with van der Waals surface area (Å²) in [4.78, 5) is 33.5. The van der Waals surface area contributed by atoms with Crippen LogP contribution in [0.1, 0.15) is 39.3 Å². The Morgan fingerprint density at radius 2 is 1.66 bits per heavy atom. The minimum atomic E-state index is -0.685. The molecule has 0 fully saturated rings. The lowest BCUT2D eigenvalue weighted by Crippen LogP contribution is -2.42. The number of aryl methyl sites for hydroxylation is 1. The van der Waals surface area contributed by atoms with E-state index >= 15 is 0 Å². The molecule has 0 aliphatic carbocycles. The van der Waals surface area contributed by atoms with Crippen LogP contribution < -0.4 is 22.9 Å². The van der Waals surface area contributed by atoms with Crippen molar-refractivity contribution in [3.05, 3.63) is 46.2 Å². The Balaban J connectivity index is 1.93. The summed E-state index contributed by atoms with van der Waals surface area (Å²) in [6.07, 6.45) is 1.94. The second kappa shape index (κ2) is 11.5. The standard InChI is InChI=1S/C19H25Cl2N9O2/c20-14-16(24)28-15(23)13(27-14)18(32)29(19(25)26)9-2-1-3-11-4-6-12(7-5-11)17(31)30(21)10-8-22/h4-7H,1-3,8-10,22H2,(H3,25,26)(H4,23,24,28). The molecule has 32 heavy (non-hydrogen) atoms. The largest absolute Gasteiger partial charge is 0.382 e. The third-order valence-electron chi connectivity index (χ3n) is 4.49. The number of unbranched alkanes of at least 4 members (excludes halogenated alkanes) is 1. The summed E-state index contributed by atoms with van der Waals surface area (Å²) < 4.78 is 1.05. The highest BCUT2D eigenvalue weighted by Crippen LogP contribution is 2.19. The van der Waals surface area contributed by atoms with Crippen LogP contribution in [0.3, 0.4) is 0 Å². The van der Waals surface area contributed by atoms with E-state index in [9.17, 15) is 9.59 Å². The third kappa shape index (κ3) is 6.42. The fraction of sp³-hybridized carbons (Fsp3) is 0.316. The maximum Gasteiger partial charge on any atom is 0.283 e. The molecule has 172 valence electrons. The summed E-state index contributed by atoms with van der Waals surface area (Å²) in [6.45, 7) is 0.707. The van der Waals surface area contributed by atoms with Gasteiger partial charge in [0.1, 0.15) is 0 Å². The highest BCUT2D eigenvalue weighted by atomic mass is 35.5. The van der Waals surface area contributed by atoms with E-state index in [1.54, 1.807) is 12.1 Å². The molecule has 9 N–H and O–H groups in total. The number of hydrogen-bond donors (Lipinski definition) is 5. The topological polar surface area (TPSA) is 194 Å². The highest BCUT2D eigenvalue weighted by molar-refractivity contribution is 6.31.